The number of rotatable bonds is 7. The monoisotopic (exact) mass is 491 g/mol. The Morgan fingerprint density at radius 3 is 2.31 bits per heavy atom. The predicted molar refractivity (Wildman–Crippen MR) is 136 cm³/mol. The molecule has 0 spiro atoms. The van der Waals surface area contributed by atoms with Crippen molar-refractivity contribution in [3.05, 3.63) is 82.9 Å². The number of ether oxygens (including phenoxy) is 4. The molecular weight excluding hydrogens is 458 g/mol. The highest BCUT2D eigenvalue weighted by atomic mass is 16.5. The molecule has 1 aliphatic carbocycles. The summed E-state index contributed by atoms with van der Waals surface area (Å²) in [6.45, 7) is 0.633. The third kappa shape index (κ3) is 3.38. The maximum atomic E-state index is 12.6. The third-order valence-electron chi connectivity index (χ3n) is 7.54. The Bertz CT molecular complexity index is 1260. The van der Waals surface area contributed by atoms with Gasteiger partial charge in [-0.3, -0.25) is 0 Å². The van der Waals surface area contributed by atoms with Crippen LogP contribution >= 0.6 is 0 Å². The fourth-order valence-corrected chi connectivity index (χ4v) is 6.06. The normalized spacial score (nSPS) is 26.3. The Morgan fingerprint density at radius 1 is 0.944 bits per heavy atom. The van der Waals surface area contributed by atoms with Gasteiger partial charge in [0.15, 0.2) is 11.2 Å². The smallest absolute Gasteiger partial charge is 0.176 e. The Kier molecular flexibility index (Phi) is 6.11. The Balaban J connectivity index is 1.81. The molecule has 1 saturated carbocycles. The summed E-state index contributed by atoms with van der Waals surface area (Å²) in [4.78, 5) is 2.06. The molecular formula is C29H33NO6. The van der Waals surface area contributed by atoms with Gasteiger partial charge in [0.05, 0.1) is 33.0 Å². The van der Waals surface area contributed by atoms with Crippen molar-refractivity contribution in [2.24, 2.45) is 0 Å². The highest BCUT2D eigenvalue weighted by Gasteiger charge is 2.73. The van der Waals surface area contributed by atoms with Crippen LogP contribution < -0.4 is 18.9 Å². The second-order valence-electron chi connectivity index (χ2n) is 9.79. The average Bonchev–Trinajstić information content (AvgIpc) is 3.28. The highest BCUT2D eigenvalue weighted by Crippen LogP contribution is 2.68. The summed E-state index contributed by atoms with van der Waals surface area (Å²) >= 11 is 0. The van der Waals surface area contributed by atoms with Gasteiger partial charge in [-0.2, -0.15) is 0 Å². The summed E-state index contributed by atoms with van der Waals surface area (Å²) in [5.41, 5.74) is 0.0188. The SMILES string of the molecule is COc1cc(OC)c2c(c1)O[C@@]1(c3ccc(OC)c(CN(C)C)c3)[C@H](c3ccccc3)C[C@@H](O)[C@@]21O. The van der Waals surface area contributed by atoms with E-state index >= 15 is 0 Å². The molecule has 0 amide bonds. The molecule has 3 aromatic rings. The molecule has 4 atom stereocenters. The van der Waals surface area contributed by atoms with Crippen LogP contribution in [0.2, 0.25) is 0 Å². The van der Waals surface area contributed by atoms with Crippen molar-refractivity contribution in [1.29, 1.82) is 0 Å². The first kappa shape index (κ1) is 24.4. The Hall–Kier alpha value is -3.26. The molecule has 0 bridgehead atoms. The van der Waals surface area contributed by atoms with Crippen LogP contribution in [0, 0.1) is 0 Å². The van der Waals surface area contributed by atoms with E-state index in [-0.39, 0.29) is 5.92 Å². The fourth-order valence-electron chi connectivity index (χ4n) is 6.06. The van der Waals surface area contributed by atoms with E-state index in [0.29, 0.717) is 35.8 Å². The average molecular weight is 492 g/mol. The lowest BCUT2D eigenvalue weighted by molar-refractivity contribution is -0.150. The molecule has 0 unspecified atom stereocenters. The zero-order valence-electron chi connectivity index (χ0n) is 21.3. The molecule has 0 saturated heterocycles. The van der Waals surface area contributed by atoms with Crippen LogP contribution in [0.3, 0.4) is 0 Å². The van der Waals surface area contributed by atoms with Gasteiger partial charge < -0.3 is 34.1 Å². The summed E-state index contributed by atoms with van der Waals surface area (Å²) in [5, 5.41) is 24.2. The van der Waals surface area contributed by atoms with Crippen LogP contribution in [0.25, 0.3) is 0 Å². The van der Waals surface area contributed by atoms with E-state index in [4.69, 9.17) is 18.9 Å². The summed E-state index contributed by atoms with van der Waals surface area (Å²) in [5.74, 6) is 1.78. The van der Waals surface area contributed by atoms with Crippen LogP contribution in [0.15, 0.2) is 60.7 Å². The van der Waals surface area contributed by atoms with Crippen LogP contribution in [0.4, 0.5) is 0 Å². The first-order valence-electron chi connectivity index (χ1n) is 12.0. The second-order valence-corrected chi connectivity index (χ2v) is 9.79. The maximum absolute atomic E-state index is 12.6. The van der Waals surface area contributed by atoms with E-state index in [1.807, 2.05) is 62.6 Å². The van der Waals surface area contributed by atoms with Crippen LogP contribution in [-0.2, 0) is 17.7 Å². The lowest BCUT2D eigenvalue weighted by atomic mass is 9.71. The zero-order chi connectivity index (χ0) is 25.7. The van der Waals surface area contributed by atoms with Crippen molar-refractivity contribution in [2.45, 2.75) is 36.2 Å². The quantitative estimate of drug-likeness (QED) is 0.520. The first-order valence-corrected chi connectivity index (χ1v) is 12.0. The van der Waals surface area contributed by atoms with Gasteiger partial charge in [0.25, 0.3) is 0 Å². The summed E-state index contributed by atoms with van der Waals surface area (Å²) in [6.07, 6.45) is -0.796. The van der Waals surface area contributed by atoms with E-state index < -0.39 is 17.3 Å². The third-order valence-corrected chi connectivity index (χ3v) is 7.54. The van der Waals surface area contributed by atoms with Crippen LogP contribution in [0.5, 0.6) is 23.0 Å². The van der Waals surface area contributed by atoms with Crippen molar-refractivity contribution in [3.63, 3.8) is 0 Å². The molecule has 1 heterocycles. The molecule has 5 rings (SSSR count). The number of hydrogen-bond donors (Lipinski definition) is 2. The number of aliphatic hydroxyl groups excluding tert-OH is 1. The number of fused-ring (bicyclic) bond motifs is 3. The molecule has 190 valence electrons. The van der Waals surface area contributed by atoms with Crippen molar-refractivity contribution < 1.29 is 29.2 Å². The van der Waals surface area contributed by atoms with Gasteiger partial charge in [-0.05, 0) is 43.8 Å². The van der Waals surface area contributed by atoms with Gasteiger partial charge in [-0.15, -0.1) is 0 Å². The van der Waals surface area contributed by atoms with E-state index in [9.17, 15) is 10.2 Å². The summed E-state index contributed by atoms with van der Waals surface area (Å²) in [6, 6.07) is 19.2. The Morgan fingerprint density at radius 2 is 1.67 bits per heavy atom. The minimum Gasteiger partial charge on any atom is -0.496 e. The van der Waals surface area contributed by atoms with Gasteiger partial charge >= 0.3 is 0 Å². The first-order chi connectivity index (χ1) is 17.3. The van der Waals surface area contributed by atoms with Crippen molar-refractivity contribution in [3.8, 4) is 23.0 Å². The molecule has 3 aromatic carbocycles. The standard InChI is InChI=1S/C29H33NO6/c1-30(2)17-19-13-20(11-12-23(19)34-4)29-22(18-9-7-6-8-10-18)16-26(31)28(29,32)27-24(35-5)14-21(33-3)15-25(27)36-29/h6-15,22,26,31-32H,16-17H2,1-5H3/t22-,26+,28+,29-/m0/s1. The lowest BCUT2D eigenvalue weighted by Crippen LogP contribution is -2.52. The van der Waals surface area contributed by atoms with Gasteiger partial charge in [-0.1, -0.05) is 36.4 Å². The van der Waals surface area contributed by atoms with E-state index in [1.165, 1.54) is 7.11 Å². The van der Waals surface area contributed by atoms with Crippen molar-refractivity contribution >= 4 is 0 Å². The minimum absolute atomic E-state index is 0.310. The number of hydrogen-bond acceptors (Lipinski definition) is 7. The number of aliphatic hydroxyl groups is 2. The van der Waals surface area contributed by atoms with Crippen LogP contribution in [0.1, 0.15) is 34.6 Å². The number of nitrogens with zero attached hydrogens (tertiary/aromatic N) is 1. The summed E-state index contributed by atoms with van der Waals surface area (Å²) in [7, 11) is 8.74. The predicted octanol–water partition coefficient (Wildman–Crippen LogP) is 3.80. The largest absolute Gasteiger partial charge is 0.496 e. The molecule has 2 N–H and O–H groups in total. The van der Waals surface area contributed by atoms with Crippen LogP contribution in [-0.4, -0.2) is 56.6 Å². The molecule has 36 heavy (non-hydrogen) atoms. The molecule has 2 aliphatic rings. The summed E-state index contributed by atoms with van der Waals surface area (Å²) < 4.78 is 23.7. The van der Waals surface area contributed by atoms with E-state index in [1.54, 1.807) is 26.4 Å². The van der Waals surface area contributed by atoms with Crippen molar-refractivity contribution in [2.75, 3.05) is 35.4 Å². The molecule has 1 aliphatic heterocycles. The van der Waals surface area contributed by atoms with E-state index in [2.05, 4.69) is 4.90 Å². The maximum Gasteiger partial charge on any atom is 0.176 e. The van der Waals surface area contributed by atoms with E-state index in [0.717, 1.165) is 22.4 Å². The van der Waals surface area contributed by atoms with Crippen molar-refractivity contribution in [1.82, 2.24) is 4.90 Å². The number of benzene rings is 3. The second kappa shape index (κ2) is 9.00. The highest BCUT2D eigenvalue weighted by molar-refractivity contribution is 5.62. The number of methoxy groups -OCH3 is 3. The Labute approximate surface area is 211 Å². The topological polar surface area (TPSA) is 80.6 Å². The molecule has 1 fully saturated rings. The lowest BCUT2D eigenvalue weighted by Gasteiger charge is -2.41. The molecule has 7 nitrogen and oxygen atoms in total. The van der Waals surface area contributed by atoms with Gasteiger partial charge in [0.2, 0.25) is 0 Å². The van der Waals surface area contributed by atoms with Gasteiger partial charge in [0.1, 0.15) is 23.0 Å². The van der Waals surface area contributed by atoms with Gasteiger partial charge in [0, 0.05) is 30.2 Å². The molecule has 7 heteroatoms. The van der Waals surface area contributed by atoms with Gasteiger partial charge in [-0.25, -0.2) is 0 Å². The molecule has 0 aromatic heterocycles. The minimum atomic E-state index is -1.77. The fraction of sp³-hybridized carbons (Fsp3) is 0.379. The zero-order valence-corrected chi connectivity index (χ0v) is 21.3. The molecule has 0 radical (unpaired) electrons.